The summed E-state index contributed by atoms with van der Waals surface area (Å²) in [6.45, 7) is 1.76. The van der Waals surface area contributed by atoms with Gasteiger partial charge in [0.05, 0.1) is 11.6 Å². The Morgan fingerprint density at radius 1 is 1.23 bits per heavy atom. The Labute approximate surface area is 152 Å². The summed E-state index contributed by atoms with van der Waals surface area (Å²) >= 11 is 0. The number of benzene rings is 1. The zero-order valence-corrected chi connectivity index (χ0v) is 15.2. The van der Waals surface area contributed by atoms with E-state index < -0.39 is 5.54 Å². The first-order valence-electron chi connectivity index (χ1n) is 9.12. The van der Waals surface area contributed by atoms with Crippen LogP contribution < -0.4 is 5.73 Å². The van der Waals surface area contributed by atoms with Crippen molar-refractivity contribution >= 4 is 11.9 Å². The first kappa shape index (κ1) is 17.3. The van der Waals surface area contributed by atoms with Crippen molar-refractivity contribution in [3.05, 3.63) is 35.6 Å². The summed E-state index contributed by atoms with van der Waals surface area (Å²) < 4.78 is 13.8. The van der Waals surface area contributed by atoms with Crippen LogP contribution in [0.2, 0.25) is 0 Å². The van der Waals surface area contributed by atoms with Gasteiger partial charge in [-0.25, -0.2) is 9.18 Å². The summed E-state index contributed by atoms with van der Waals surface area (Å²) in [4.78, 5) is 30.5. The second-order valence-corrected chi connectivity index (χ2v) is 8.12. The van der Waals surface area contributed by atoms with E-state index in [2.05, 4.69) is 0 Å². The standard InChI is InChI=1S/C19H25FN4O2/c1-22(2)18(26)24-10-13-9-23(17(25)19(21)6-7-19)11-15(13)16(24)12-4-3-5-14(20)8-12/h3-5,8,13,15-16H,6-7,9-11,21H2,1-2H3/t13-,15-,16+/m1/s1. The molecule has 1 aliphatic carbocycles. The summed E-state index contributed by atoms with van der Waals surface area (Å²) in [5.74, 6) is 0.00821. The molecule has 2 saturated heterocycles. The van der Waals surface area contributed by atoms with Crippen LogP contribution >= 0.6 is 0 Å². The minimum Gasteiger partial charge on any atom is -0.340 e. The lowest BCUT2D eigenvalue weighted by molar-refractivity contribution is -0.133. The van der Waals surface area contributed by atoms with Crippen LogP contribution in [0.4, 0.5) is 9.18 Å². The predicted octanol–water partition coefficient (Wildman–Crippen LogP) is 1.43. The molecule has 140 valence electrons. The number of amides is 3. The number of rotatable bonds is 2. The summed E-state index contributed by atoms with van der Waals surface area (Å²) in [5.41, 5.74) is 6.20. The van der Waals surface area contributed by atoms with Gasteiger partial charge < -0.3 is 20.4 Å². The molecule has 2 aliphatic heterocycles. The van der Waals surface area contributed by atoms with Crippen molar-refractivity contribution in [3.8, 4) is 0 Å². The maximum Gasteiger partial charge on any atom is 0.320 e. The molecule has 0 spiro atoms. The van der Waals surface area contributed by atoms with E-state index in [4.69, 9.17) is 5.73 Å². The maximum absolute atomic E-state index is 13.8. The summed E-state index contributed by atoms with van der Waals surface area (Å²) in [6.07, 6.45) is 1.49. The van der Waals surface area contributed by atoms with E-state index in [9.17, 15) is 14.0 Å². The third-order valence-electron chi connectivity index (χ3n) is 5.98. The van der Waals surface area contributed by atoms with Gasteiger partial charge in [0.25, 0.3) is 0 Å². The zero-order chi connectivity index (χ0) is 18.6. The Morgan fingerprint density at radius 2 is 1.96 bits per heavy atom. The van der Waals surface area contributed by atoms with Crippen LogP contribution in [-0.2, 0) is 4.79 Å². The largest absolute Gasteiger partial charge is 0.340 e. The molecule has 2 heterocycles. The number of halogens is 1. The van der Waals surface area contributed by atoms with Crippen molar-refractivity contribution in [2.75, 3.05) is 33.7 Å². The second kappa shape index (κ2) is 5.94. The van der Waals surface area contributed by atoms with Crippen LogP contribution in [0.1, 0.15) is 24.4 Å². The van der Waals surface area contributed by atoms with Gasteiger partial charge in [-0.2, -0.15) is 0 Å². The van der Waals surface area contributed by atoms with Crippen molar-refractivity contribution in [2.45, 2.75) is 24.4 Å². The van der Waals surface area contributed by atoms with Gasteiger partial charge in [0.1, 0.15) is 5.82 Å². The van der Waals surface area contributed by atoms with Crippen molar-refractivity contribution in [1.82, 2.24) is 14.7 Å². The predicted molar refractivity (Wildman–Crippen MR) is 94.6 cm³/mol. The molecular formula is C19H25FN4O2. The van der Waals surface area contributed by atoms with E-state index in [0.29, 0.717) is 19.6 Å². The average molecular weight is 360 g/mol. The van der Waals surface area contributed by atoms with Gasteiger partial charge in [-0.15, -0.1) is 0 Å². The Hall–Kier alpha value is -2.15. The van der Waals surface area contributed by atoms with Crippen molar-refractivity contribution in [3.63, 3.8) is 0 Å². The van der Waals surface area contributed by atoms with Gasteiger partial charge in [-0.3, -0.25) is 4.79 Å². The SMILES string of the molecule is CN(C)C(=O)N1C[C@H]2CN(C(=O)C3(N)CC3)C[C@H]2[C@@H]1c1cccc(F)c1. The molecule has 26 heavy (non-hydrogen) atoms. The number of carbonyl (C=O) groups excluding carboxylic acids is 2. The minimum atomic E-state index is -0.674. The third-order valence-corrected chi connectivity index (χ3v) is 5.98. The molecule has 0 bridgehead atoms. The number of nitrogens with two attached hydrogens (primary N) is 1. The Kier molecular flexibility index (Phi) is 3.95. The van der Waals surface area contributed by atoms with Crippen LogP contribution in [0.3, 0.4) is 0 Å². The number of hydrogen-bond donors (Lipinski definition) is 1. The molecule has 0 unspecified atom stereocenters. The topological polar surface area (TPSA) is 69.9 Å². The smallest absolute Gasteiger partial charge is 0.320 e. The molecule has 6 nitrogen and oxygen atoms in total. The summed E-state index contributed by atoms with van der Waals surface area (Å²) in [5, 5.41) is 0. The summed E-state index contributed by atoms with van der Waals surface area (Å²) in [7, 11) is 3.44. The first-order chi connectivity index (χ1) is 12.3. The Balaban J connectivity index is 1.62. The number of carbonyl (C=O) groups is 2. The fourth-order valence-electron chi connectivity index (χ4n) is 4.45. The van der Waals surface area contributed by atoms with Crippen LogP contribution in [-0.4, -0.2) is 65.9 Å². The highest BCUT2D eigenvalue weighted by molar-refractivity contribution is 5.89. The van der Waals surface area contributed by atoms with E-state index >= 15 is 0 Å². The molecule has 4 rings (SSSR count). The van der Waals surface area contributed by atoms with E-state index in [1.165, 1.54) is 12.1 Å². The molecule has 3 atom stereocenters. The lowest BCUT2D eigenvalue weighted by Crippen LogP contribution is -2.47. The molecule has 1 aromatic rings. The number of likely N-dealkylation sites (tertiary alicyclic amines) is 2. The van der Waals surface area contributed by atoms with E-state index in [1.54, 1.807) is 25.1 Å². The van der Waals surface area contributed by atoms with Gasteiger partial charge in [-0.1, -0.05) is 12.1 Å². The van der Waals surface area contributed by atoms with Crippen molar-refractivity contribution in [2.24, 2.45) is 17.6 Å². The molecule has 2 N–H and O–H groups in total. The van der Waals surface area contributed by atoms with Crippen LogP contribution in [0.15, 0.2) is 24.3 Å². The molecule has 7 heteroatoms. The Bertz CT molecular complexity index is 749. The van der Waals surface area contributed by atoms with E-state index in [-0.39, 0.29) is 35.6 Å². The molecular weight excluding hydrogens is 335 g/mol. The zero-order valence-electron chi connectivity index (χ0n) is 15.2. The fourth-order valence-corrected chi connectivity index (χ4v) is 4.45. The van der Waals surface area contributed by atoms with Crippen molar-refractivity contribution < 1.29 is 14.0 Å². The highest BCUT2D eigenvalue weighted by Gasteiger charge is 2.55. The number of hydrogen-bond acceptors (Lipinski definition) is 3. The molecule has 3 amide bonds. The minimum absolute atomic E-state index is 0.0235. The molecule has 3 aliphatic rings. The maximum atomic E-state index is 13.8. The van der Waals surface area contributed by atoms with E-state index in [0.717, 1.165) is 18.4 Å². The molecule has 0 aromatic heterocycles. The Morgan fingerprint density at radius 3 is 2.58 bits per heavy atom. The normalized spacial score (nSPS) is 28.8. The van der Waals surface area contributed by atoms with Crippen LogP contribution in [0.25, 0.3) is 0 Å². The molecule has 1 saturated carbocycles. The fraction of sp³-hybridized carbons (Fsp3) is 0.579. The second-order valence-electron chi connectivity index (χ2n) is 8.12. The lowest BCUT2D eigenvalue weighted by atomic mass is 9.89. The van der Waals surface area contributed by atoms with Gasteiger partial charge in [0, 0.05) is 45.6 Å². The van der Waals surface area contributed by atoms with Gasteiger partial charge in [0.15, 0.2) is 0 Å². The summed E-state index contributed by atoms with van der Waals surface area (Å²) in [6, 6.07) is 6.14. The average Bonchev–Trinajstić information content (AvgIpc) is 3.07. The molecule has 3 fully saturated rings. The monoisotopic (exact) mass is 360 g/mol. The number of nitrogens with zero attached hydrogens (tertiary/aromatic N) is 3. The first-order valence-corrected chi connectivity index (χ1v) is 9.12. The van der Waals surface area contributed by atoms with Crippen LogP contribution in [0.5, 0.6) is 0 Å². The van der Waals surface area contributed by atoms with Gasteiger partial charge >= 0.3 is 6.03 Å². The van der Waals surface area contributed by atoms with Crippen LogP contribution in [0, 0.1) is 17.7 Å². The third kappa shape index (κ3) is 2.74. The van der Waals surface area contributed by atoms with Crippen molar-refractivity contribution in [1.29, 1.82) is 0 Å². The number of urea groups is 1. The molecule has 0 radical (unpaired) electrons. The van der Waals surface area contributed by atoms with Gasteiger partial charge in [-0.05, 0) is 30.5 Å². The van der Waals surface area contributed by atoms with E-state index in [1.807, 2.05) is 15.9 Å². The highest BCUT2D eigenvalue weighted by atomic mass is 19.1. The molecule has 1 aromatic carbocycles. The highest BCUT2D eigenvalue weighted by Crippen LogP contribution is 2.46. The van der Waals surface area contributed by atoms with Gasteiger partial charge in [0.2, 0.25) is 5.91 Å². The number of fused-ring (bicyclic) bond motifs is 1. The lowest BCUT2D eigenvalue weighted by Gasteiger charge is -2.32. The quantitative estimate of drug-likeness (QED) is 0.867.